The van der Waals surface area contributed by atoms with Gasteiger partial charge >= 0.3 is 6.09 Å². The van der Waals surface area contributed by atoms with E-state index in [4.69, 9.17) is 25.8 Å². The summed E-state index contributed by atoms with van der Waals surface area (Å²) in [6.45, 7) is 6.86. The van der Waals surface area contributed by atoms with Crippen LogP contribution < -0.4 is 14.8 Å². The molecule has 5 nitrogen and oxygen atoms in total. The molecule has 140 valence electrons. The second-order valence-electron chi connectivity index (χ2n) is 6.73. The van der Waals surface area contributed by atoms with Gasteiger partial charge in [-0.05, 0) is 35.2 Å². The number of rotatable bonds is 6. The van der Waals surface area contributed by atoms with Gasteiger partial charge in [0, 0.05) is 11.1 Å². The molecule has 2 aromatic carbocycles. The van der Waals surface area contributed by atoms with Crippen molar-refractivity contribution in [3.8, 4) is 11.5 Å². The normalized spacial score (nSPS) is 11.0. The van der Waals surface area contributed by atoms with Crippen molar-refractivity contribution in [1.82, 2.24) is 0 Å². The van der Waals surface area contributed by atoms with Crippen molar-refractivity contribution < 1.29 is 19.0 Å². The van der Waals surface area contributed by atoms with Crippen molar-refractivity contribution in [3.05, 3.63) is 53.1 Å². The van der Waals surface area contributed by atoms with E-state index in [-0.39, 0.29) is 18.6 Å². The highest BCUT2D eigenvalue weighted by molar-refractivity contribution is 6.30. The number of carbonyl (C=O) groups excluding carboxylic acids is 1. The minimum atomic E-state index is -0.586. The fourth-order valence-electron chi connectivity index (χ4n) is 2.26. The zero-order valence-corrected chi connectivity index (χ0v) is 16.2. The highest BCUT2D eigenvalue weighted by Crippen LogP contribution is 2.28. The van der Waals surface area contributed by atoms with Gasteiger partial charge in [0.2, 0.25) is 0 Å². The largest absolute Gasteiger partial charge is 0.495 e. The summed E-state index contributed by atoms with van der Waals surface area (Å²) in [7, 11) is 1.50. The number of nitrogens with one attached hydrogen (secondary N) is 1. The molecule has 0 aliphatic rings. The van der Waals surface area contributed by atoms with Crippen LogP contribution in [0, 0.1) is 0 Å². The molecule has 0 aromatic heterocycles. The molecule has 26 heavy (non-hydrogen) atoms. The molecule has 0 saturated carbocycles. The maximum atomic E-state index is 11.9. The van der Waals surface area contributed by atoms with E-state index in [1.807, 2.05) is 24.3 Å². The number of methoxy groups -OCH3 is 1. The third-order valence-corrected chi connectivity index (χ3v) is 3.94. The lowest BCUT2D eigenvalue weighted by Gasteiger charge is -2.19. The SMILES string of the molecule is COc1cc(Cl)ccc1NC(=O)OCCOc1ccc(C(C)(C)C)cc1. The molecule has 0 unspecified atom stereocenters. The molecular weight excluding hydrogens is 354 g/mol. The van der Waals surface area contributed by atoms with E-state index in [9.17, 15) is 4.79 Å². The van der Waals surface area contributed by atoms with Crippen molar-refractivity contribution in [2.24, 2.45) is 0 Å². The van der Waals surface area contributed by atoms with Crippen LogP contribution in [-0.4, -0.2) is 26.4 Å². The first-order chi connectivity index (χ1) is 12.3. The van der Waals surface area contributed by atoms with Crippen LogP contribution >= 0.6 is 11.6 Å². The lowest BCUT2D eigenvalue weighted by Crippen LogP contribution is -2.18. The van der Waals surface area contributed by atoms with E-state index >= 15 is 0 Å². The zero-order valence-electron chi connectivity index (χ0n) is 15.5. The number of benzene rings is 2. The fourth-order valence-corrected chi connectivity index (χ4v) is 2.42. The Hall–Kier alpha value is -2.40. The number of carbonyl (C=O) groups is 1. The lowest BCUT2D eigenvalue weighted by atomic mass is 9.87. The minimum absolute atomic E-state index is 0.0997. The van der Waals surface area contributed by atoms with Crippen molar-refractivity contribution in [1.29, 1.82) is 0 Å². The van der Waals surface area contributed by atoms with Gasteiger partial charge in [-0.2, -0.15) is 0 Å². The molecule has 0 fully saturated rings. The number of hydrogen-bond donors (Lipinski definition) is 1. The molecule has 0 aliphatic heterocycles. The van der Waals surface area contributed by atoms with Crippen LogP contribution in [0.1, 0.15) is 26.3 Å². The van der Waals surface area contributed by atoms with Crippen LogP contribution in [0.25, 0.3) is 0 Å². The van der Waals surface area contributed by atoms with Crippen molar-refractivity contribution >= 4 is 23.4 Å². The number of ether oxygens (including phenoxy) is 3. The molecule has 1 N–H and O–H groups in total. The molecular formula is C20H24ClNO4. The Morgan fingerprint density at radius 1 is 1.08 bits per heavy atom. The van der Waals surface area contributed by atoms with Crippen molar-refractivity contribution in [2.45, 2.75) is 26.2 Å². The zero-order chi connectivity index (χ0) is 19.2. The molecule has 0 saturated heterocycles. The van der Waals surface area contributed by atoms with Crippen LogP contribution in [-0.2, 0) is 10.2 Å². The Balaban J connectivity index is 1.77. The second-order valence-corrected chi connectivity index (χ2v) is 7.16. The van der Waals surface area contributed by atoms with Crippen molar-refractivity contribution in [3.63, 3.8) is 0 Å². The third kappa shape index (κ3) is 5.85. The lowest BCUT2D eigenvalue weighted by molar-refractivity contribution is 0.137. The molecule has 0 heterocycles. The van der Waals surface area contributed by atoms with Gasteiger partial charge in [-0.3, -0.25) is 5.32 Å². The molecule has 0 spiro atoms. The number of hydrogen-bond acceptors (Lipinski definition) is 4. The standard InChI is InChI=1S/C20H24ClNO4/c1-20(2,3)14-5-8-16(9-6-14)25-11-12-26-19(23)22-17-10-7-15(21)13-18(17)24-4/h5-10,13H,11-12H2,1-4H3,(H,22,23). The van der Waals surface area contributed by atoms with Gasteiger partial charge in [0.25, 0.3) is 0 Å². The maximum Gasteiger partial charge on any atom is 0.411 e. The van der Waals surface area contributed by atoms with Gasteiger partial charge in [0.05, 0.1) is 12.8 Å². The number of amides is 1. The molecule has 2 rings (SSSR count). The van der Waals surface area contributed by atoms with Gasteiger partial charge in [-0.15, -0.1) is 0 Å². The van der Waals surface area contributed by atoms with E-state index in [0.29, 0.717) is 16.5 Å². The summed E-state index contributed by atoms with van der Waals surface area (Å²) in [5, 5.41) is 3.13. The fraction of sp³-hybridized carbons (Fsp3) is 0.350. The highest BCUT2D eigenvalue weighted by Gasteiger charge is 2.13. The van der Waals surface area contributed by atoms with Gasteiger partial charge in [-0.25, -0.2) is 4.79 Å². The summed E-state index contributed by atoms with van der Waals surface area (Å²) in [6, 6.07) is 12.8. The monoisotopic (exact) mass is 377 g/mol. The third-order valence-electron chi connectivity index (χ3n) is 3.71. The Kier molecular flexibility index (Phi) is 6.75. The van der Waals surface area contributed by atoms with Crippen molar-refractivity contribution in [2.75, 3.05) is 25.6 Å². The summed E-state index contributed by atoms with van der Waals surface area (Å²) in [5.41, 5.74) is 1.82. The molecule has 6 heteroatoms. The Bertz CT molecular complexity index is 738. The average Bonchev–Trinajstić information content (AvgIpc) is 2.60. The smallest absolute Gasteiger partial charge is 0.411 e. The molecule has 0 radical (unpaired) electrons. The summed E-state index contributed by atoms with van der Waals surface area (Å²) in [5.74, 6) is 1.20. The van der Waals surface area contributed by atoms with Crippen LogP contribution in [0.15, 0.2) is 42.5 Å². The van der Waals surface area contributed by atoms with Gasteiger partial charge in [0.1, 0.15) is 24.7 Å². The first-order valence-electron chi connectivity index (χ1n) is 8.30. The van der Waals surface area contributed by atoms with Crippen LogP contribution in [0.3, 0.4) is 0 Å². The van der Waals surface area contributed by atoms with Gasteiger partial charge in [-0.1, -0.05) is 44.5 Å². The second kappa shape index (κ2) is 8.81. The molecule has 2 aromatic rings. The van der Waals surface area contributed by atoms with Crippen LogP contribution in [0.2, 0.25) is 5.02 Å². The Morgan fingerprint density at radius 3 is 2.38 bits per heavy atom. The van der Waals surface area contributed by atoms with E-state index in [2.05, 4.69) is 26.1 Å². The summed E-state index contributed by atoms with van der Waals surface area (Å²) in [4.78, 5) is 11.9. The predicted octanol–water partition coefficient (Wildman–Crippen LogP) is 5.27. The van der Waals surface area contributed by atoms with E-state index in [1.165, 1.54) is 12.7 Å². The number of halogens is 1. The van der Waals surface area contributed by atoms with Crippen LogP contribution in [0.4, 0.5) is 10.5 Å². The molecule has 0 bridgehead atoms. The maximum absolute atomic E-state index is 11.9. The number of anilines is 1. The summed E-state index contributed by atoms with van der Waals surface area (Å²) < 4.78 is 15.9. The van der Waals surface area contributed by atoms with Gasteiger partial charge < -0.3 is 14.2 Å². The first-order valence-corrected chi connectivity index (χ1v) is 8.68. The van der Waals surface area contributed by atoms with E-state index in [1.54, 1.807) is 18.2 Å². The quantitative estimate of drug-likeness (QED) is 0.696. The predicted molar refractivity (Wildman–Crippen MR) is 104 cm³/mol. The summed E-state index contributed by atoms with van der Waals surface area (Å²) in [6.07, 6.45) is -0.586. The van der Waals surface area contributed by atoms with Crippen LogP contribution in [0.5, 0.6) is 11.5 Å². The topological polar surface area (TPSA) is 56.8 Å². The highest BCUT2D eigenvalue weighted by atomic mass is 35.5. The Morgan fingerprint density at radius 2 is 1.77 bits per heavy atom. The first kappa shape index (κ1) is 19.9. The summed E-state index contributed by atoms with van der Waals surface area (Å²) >= 11 is 5.89. The van der Waals surface area contributed by atoms with E-state index in [0.717, 1.165) is 5.75 Å². The molecule has 1 amide bonds. The molecule has 0 atom stereocenters. The van der Waals surface area contributed by atoms with Gasteiger partial charge in [0.15, 0.2) is 0 Å². The average molecular weight is 378 g/mol. The Labute approximate surface area is 159 Å². The van der Waals surface area contributed by atoms with E-state index < -0.39 is 6.09 Å². The minimum Gasteiger partial charge on any atom is -0.495 e. The molecule has 0 aliphatic carbocycles.